The molecule has 0 aromatic heterocycles. The molecule has 2 aromatic rings. The number of carbonyl (C=O) groups is 1. The fourth-order valence-electron chi connectivity index (χ4n) is 2.37. The summed E-state index contributed by atoms with van der Waals surface area (Å²) >= 11 is 0. The molecule has 0 saturated heterocycles. The summed E-state index contributed by atoms with van der Waals surface area (Å²) in [5.74, 6) is 0.618. The van der Waals surface area contributed by atoms with Crippen molar-refractivity contribution in [3.05, 3.63) is 48.0 Å². The van der Waals surface area contributed by atoms with Crippen LogP contribution in [0.3, 0.4) is 0 Å². The Morgan fingerprint density at radius 3 is 2.44 bits per heavy atom. The molecular weight excluding hydrogens is 316 g/mol. The molecule has 0 radical (unpaired) electrons. The van der Waals surface area contributed by atoms with Crippen molar-refractivity contribution in [2.75, 3.05) is 6.61 Å². The van der Waals surface area contributed by atoms with E-state index in [4.69, 9.17) is 14.6 Å². The van der Waals surface area contributed by atoms with Crippen molar-refractivity contribution in [2.45, 2.75) is 46.1 Å². The average molecular weight is 342 g/mol. The summed E-state index contributed by atoms with van der Waals surface area (Å²) in [6.07, 6.45) is 3.12. The average Bonchev–Trinajstić information content (AvgIpc) is 2.62. The smallest absolute Gasteiger partial charge is 0.335 e. The maximum absolute atomic E-state index is 11.0. The van der Waals surface area contributed by atoms with Crippen LogP contribution in [0.25, 0.3) is 11.1 Å². The lowest BCUT2D eigenvalue weighted by molar-refractivity contribution is 0.0697. The van der Waals surface area contributed by atoms with Crippen molar-refractivity contribution in [2.24, 2.45) is 0 Å². The summed E-state index contributed by atoms with van der Waals surface area (Å²) in [6, 6.07) is 12.6. The highest BCUT2D eigenvalue weighted by Crippen LogP contribution is 2.34. The van der Waals surface area contributed by atoms with Gasteiger partial charge in [-0.1, -0.05) is 32.4 Å². The third kappa shape index (κ3) is 5.24. The van der Waals surface area contributed by atoms with Crippen LogP contribution in [0.1, 0.15) is 50.4 Å². The fourth-order valence-corrected chi connectivity index (χ4v) is 2.37. The van der Waals surface area contributed by atoms with Crippen molar-refractivity contribution in [1.29, 1.82) is 0 Å². The molecule has 0 spiro atoms. The highest BCUT2D eigenvalue weighted by molar-refractivity contribution is 5.88. The Morgan fingerprint density at radius 2 is 1.84 bits per heavy atom. The fraction of sp³-hybridized carbons (Fsp3) is 0.381. The maximum Gasteiger partial charge on any atom is 0.335 e. The monoisotopic (exact) mass is 342 g/mol. The van der Waals surface area contributed by atoms with E-state index in [1.54, 1.807) is 24.3 Å². The normalized spacial score (nSPS) is 11.8. The largest absolute Gasteiger partial charge is 0.493 e. The summed E-state index contributed by atoms with van der Waals surface area (Å²) in [5, 5.41) is 9.05. The number of aromatic carboxylic acids is 1. The van der Waals surface area contributed by atoms with Crippen LogP contribution in [0.2, 0.25) is 0 Å². The van der Waals surface area contributed by atoms with Crippen molar-refractivity contribution in [3.63, 3.8) is 0 Å². The molecule has 4 heteroatoms. The minimum Gasteiger partial charge on any atom is -0.493 e. The van der Waals surface area contributed by atoms with E-state index in [-0.39, 0.29) is 11.7 Å². The van der Waals surface area contributed by atoms with Crippen LogP contribution in [-0.2, 0) is 0 Å². The van der Waals surface area contributed by atoms with Crippen molar-refractivity contribution < 1.29 is 19.4 Å². The minimum atomic E-state index is -0.928. The van der Waals surface area contributed by atoms with Crippen LogP contribution in [0.15, 0.2) is 42.5 Å². The van der Waals surface area contributed by atoms with E-state index in [1.165, 1.54) is 0 Å². The van der Waals surface area contributed by atoms with Gasteiger partial charge in [0.15, 0.2) is 0 Å². The van der Waals surface area contributed by atoms with E-state index in [1.807, 2.05) is 25.1 Å². The molecule has 0 heterocycles. The van der Waals surface area contributed by atoms with E-state index >= 15 is 0 Å². The van der Waals surface area contributed by atoms with Crippen LogP contribution in [-0.4, -0.2) is 23.8 Å². The number of hydrogen-bond acceptors (Lipinski definition) is 3. The van der Waals surface area contributed by atoms with Crippen LogP contribution in [0.4, 0.5) is 0 Å². The third-order valence-corrected chi connectivity index (χ3v) is 4.06. The molecule has 0 fully saturated rings. The minimum absolute atomic E-state index is 0.143. The van der Waals surface area contributed by atoms with Crippen LogP contribution >= 0.6 is 0 Å². The SMILES string of the molecule is CCCCOc1cc(OC(C)CC)ccc1-c1ccc(C(=O)O)cc1. The zero-order chi connectivity index (χ0) is 18.2. The van der Waals surface area contributed by atoms with E-state index < -0.39 is 5.97 Å². The van der Waals surface area contributed by atoms with Gasteiger partial charge in [0, 0.05) is 11.6 Å². The number of ether oxygens (including phenoxy) is 2. The maximum atomic E-state index is 11.0. The van der Waals surface area contributed by atoms with Crippen molar-refractivity contribution in [3.8, 4) is 22.6 Å². The molecule has 0 saturated carbocycles. The van der Waals surface area contributed by atoms with Crippen LogP contribution in [0, 0.1) is 0 Å². The van der Waals surface area contributed by atoms with Gasteiger partial charge in [0.25, 0.3) is 0 Å². The molecule has 4 nitrogen and oxygen atoms in total. The second-order valence-electron chi connectivity index (χ2n) is 6.08. The standard InChI is InChI=1S/C21H26O4/c1-4-6-13-24-20-14-18(25-15(3)5-2)11-12-19(20)16-7-9-17(10-8-16)21(22)23/h7-12,14-15H,4-6,13H2,1-3H3,(H,22,23). The first-order chi connectivity index (χ1) is 12.0. The molecule has 1 atom stereocenters. The lowest BCUT2D eigenvalue weighted by atomic mass is 10.0. The van der Waals surface area contributed by atoms with E-state index in [0.717, 1.165) is 41.9 Å². The molecule has 2 rings (SSSR count). The lowest BCUT2D eigenvalue weighted by Gasteiger charge is -2.16. The molecule has 2 aromatic carbocycles. The predicted molar refractivity (Wildman–Crippen MR) is 99.6 cm³/mol. The first kappa shape index (κ1) is 18.8. The second-order valence-corrected chi connectivity index (χ2v) is 6.08. The molecule has 0 aliphatic carbocycles. The lowest BCUT2D eigenvalue weighted by Crippen LogP contribution is -2.10. The number of carboxylic acids is 1. The van der Waals surface area contributed by atoms with Gasteiger partial charge in [-0.25, -0.2) is 4.79 Å². The van der Waals surface area contributed by atoms with E-state index in [0.29, 0.717) is 6.61 Å². The molecule has 1 N–H and O–H groups in total. The van der Waals surface area contributed by atoms with Gasteiger partial charge in [-0.05, 0) is 49.6 Å². The third-order valence-electron chi connectivity index (χ3n) is 4.06. The Bertz CT molecular complexity index is 692. The Labute approximate surface area is 149 Å². The Kier molecular flexibility index (Phi) is 6.87. The summed E-state index contributed by atoms with van der Waals surface area (Å²) in [6.45, 7) is 6.89. The molecular formula is C21H26O4. The molecule has 0 amide bonds. The number of rotatable bonds is 9. The van der Waals surface area contributed by atoms with Gasteiger partial charge in [-0.15, -0.1) is 0 Å². The van der Waals surface area contributed by atoms with Gasteiger partial charge in [0.2, 0.25) is 0 Å². The first-order valence-electron chi connectivity index (χ1n) is 8.82. The molecule has 0 aliphatic rings. The van der Waals surface area contributed by atoms with E-state index in [9.17, 15) is 4.79 Å². The van der Waals surface area contributed by atoms with E-state index in [2.05, 4.69) is 13.8 Å². The second kappa shape index (κ2) is 9.11. The zero-order valence-corrected chi connectivity index (χ0v) is 15.1. The number of unbranched alkanes of at least 4 members (excludes halogenated alkanes) is 1. The summed E-state index contributed by atoms with van der Waals surface area (Å²) in [5.41, 5.74) is 2.13. The summed E-state index contributed by atoms with van der Waals surface area (Å²) in [7, 11) is 0. The highest BCUT2D eigenvalue weighted by Gasteiger charge is 2.11. The Morgan fingerprint density at radius 1 is 1.12 bits per heavy atom. The Hall–Kier alpha value is -2.49. The number of benzene rings is 2. The number of hydrogen-bond donors (Lipinski definition) is 1. The highest BCUT2D eigenvalue weighted by atomic mass is 16.5. The molecule has 134 valence electrons. The number of carboxylic acid groups (broad SMARTS) is 1. The molecule has 0 aliphatic heterocycles. The molecule has 25 heavy (non-hydrogen) atoms. The summed E-state index contributed by atoms with van der Waals surface area (Å²) in [4.78, 5) is 11.0. The van der Waals surface area contributed by atoms with Crippen LogP contribution in [0.5, 0.6) is 11.5 Å². The topological polar surface area (TPSA) is 55.8 Å². The Balaban J connectivity index is 2.32. The molecule has 1 unspecified atom stereocenters. The van der Waals surface area contributed by atoms with Gasteiger partial charge in [0.1, 0.15) is 11.5 Å². The van der Waals surface area contributed by atoms with Crippen LogP contribution < -0.4 is 9.47 Å². The molecule has 0 bridgehead atoms. The van der Waals surface area contributed by atoms with Gasteiger partial charge in [-0.3, -0.25) is 0 Å². The quantitative estimate of drug-likeness (QED) is 0.619. The zero-order valence-electron chi connectivity index (χ0n) is 15.1. The van der Waals surface area contributed by atoms with Gasteiger partial charge in [0.05, 0.1) is 18.3 Å². The summed E-state index contributed by atoms with van der Waals surface area (Å²) < 4.78 is 11.9. The predicted octanol–water partition coefficient (Wildman–Crippen LogP) is 5.41. The van der Waals surface area contributed by atoms with Crippen molar-refractivity contribution >= 4 is 5.97 Å². The van der Waals surface area contributed by atoms with Gasteiger partial charge >= 0.3 is 5.97 Å². The van der Waals surface area contributed by atoms with Gasteiger partial charge < -0.3 is 14.6 Å². The van der Waals surface area contributed by atoms with Crippen molar-refractivity contribution in [1.82, 2.24) is 0 Å². The first-order valence-corrected chi connectivity index (χ1v) is 8.82. The van der Waals surface area contributed by atoms with Gasteiger partial charge in [-0.2, -0.15) is 0 Å².